The molecular formula is C19H29IN6OS. The topological polar surface area (TPSA) is 74.6 Å². The van der Waals surface area contributed by atoms with E-state index in [0.29, 0.717) is 18.3 Å². The van der Waals surface area contributed by atoms with Crippen LogP contribution in [-0.4, -0.2) is 58.4 Å². The molecule has 1 aliphatic rings. The number of nitrogens with zero attached hydrogens (tertiary/aromatic N) is 4. The monoisotopic (exact) mass is 516 g/mol. The van der Waals surface area contributed by atoms with Crippen LogP contribution >= 0.6 is 24.0 Å². The van der Waals surface area contributed by atoms with Crippen molar-refractivity contribution in [3.05, 3.63) is 42.7 Å². The number of anilines is 1. The van der Waals surface area contributed by atoms with Gasteiger partial charge in [0.2, 0.25) is 0 Å². The minimum Gasteiger partial charge on any atom is -0.367 e. The van der Waals surface area contributed by atoms with Crippen LogP contribution in [0.3, 0.4) is 0 Å². The third-order valence-corrected chi connectivity index (χ3v) is 6.00. The Bertz CT molecular complexity index is 782. The van der Waals surface area contributed by atoms with Gasteiger partial charge >= 0.3 is 0 Å². The average Bonchev–Trinajstić information content (AvgIpc) is 3.14. The Labute approximate surface area is 186 Å². The molecule has 1 fully saturated rings. The molecule has 0 bridgehead atoms. The van der Waals surface area contributed by atoms with E-state index >= 15 is 0 Å². The van der Waals surface area contributed by atoms with Crippen molar-refractivity contribution in [3.63, 3.8) is 0 Å². The van der Waals surface area contributed by atoms with Crippen LogP contribution in [0.1, 0.15) is 12.8 Å². The molecule has 1 aliphatic heterocycles. The molecule has 28 heavy (non-hydrogen) atoms. The van der Waals surface area contributed by atoms with Gasteiger partial charge in [0.05, 0.1) is 22.7 Å². The van der Waals surface area contributed by atoms with Crippen molar-refractivity contribution in [1.29, 1.82) is 0 Å². The number of halogens is 1. The standard InChI is InChI=1S/C19H28N6OS.HI/c1-20-19(21-10-12-27(26)18-8-4-3-5-9-18)23-16-7-6-11-25(14-16)17-13-22-24(2)15-17;/h3-5,8-9,13,15-16H,6-7,10-12,14H2,1-2H3,(H2,20,21,23);1H. The minimum atomic E-state index is -1.000. The third kappa shape index (κ3) is 6.47. The fourth-order valence-electron chi connectivity index (χ4n) is 3.24. The number of benzene rings is 1. The number of guanidine groups is 1. The number of aliphatic imine (C=N–C) groups is 1. The summed E-state index contributed by atoms with van der Waals surface area (Å²) in [5.74, 6) is 1.31. The first kappa shape index (κ1) is 22.7. The smallest absolute Gasteiger partial charge is 0.191 e. The normalized spacial score (nSPS) is 18.3. The molecule has 1 saturated heterocycles. The zero-order valence-corrected chi connectivity index (χ0v) is 19.5. The van der Waals surface area contributed by atoms with Crippen molar-refractivity contribution in [2.24, 2.45) is 12.0 Å². The van der Waals surface area contributed by atoms with Crippen LogP contribution in [0.15, 0.2) is 52.6 Å². The molecule has 2 heterocycles. The second-order valence-corrected chi connectivity index (χ2v) is 8.23. The van der Waals surface area contributed by atoms with Crippen LogP contribution in [0.4, 0.5) is 5.69 Å². The largest absolute Gasteiger partial charge is 0.367 e. The van der Waals surface area contributed by atoms with Crippen molar-refractivity contribution >= 4 is 46.4 Å². The Morgan fingerprint density at radius 2 is 2.14 bits per heavy atom. The van der Waals surface area contributed by atoms with E-state index < -0.39 is 10.8 Å². The minimum absolute atomic E-state index is 0. The highest BCUT2D eigenvalue weighted by molar-refractivity contribution is 14.0. The van der Waals surface area contributed by atoms with Gasteiger partial charge in [-0.1, -0.05) is 18.2 Å². The fraction of sp³-hybridized carbons (Fsp3) is 0.474. The van der Waals surface area contributed by atoms with E-state index in [1.54, 1.807) is 7.05 Å². The van der Waals surface area contributed by atoms with Crippen LogP contribution in [-0.2, 0) is 17.8 Å². The van der Waals surface area contributed by atoms with E-state index in [2.05, 4.69) is 25.6 Å². The molecule has 1 aromatic heterocycles. The highest BCUT2D eigenvalue weighted by atomic mass is 127. The van der Waals surface area contributed by atoms with E-state index in [1.165, 1.54) is 0 Å². The maximum Gasteiger partial charge on any atom is 0.191 e. The molecule has 0 spiro atoms. The van der Waals surface area contributed by atoms with Crippen LogP contribution < -0.4 is 15.5 Å². The van der Waals surface area contributed by atoms with Gasteiger partial charge in [-0.2, -0.15) is 5.10 Å². The first-order chi connectivity index (χ1) is 13.2. The maximum atomic E-state index is 12.3. The van der Waals surface area contributed by atoms with E-state index in [-0.39, 0.29) is 24.0 Å². The number of hydrogen-bond acceptors (Lipinski definition) is 4. The highest BCUT2D eigenvalue weighted by Crippen LogP contribution is 2.18. The molecule has 2 atom stereocenters. The molecule has 3 rings (SSSR count). The Hall–Kier alpha value is -1.62. The predicted molar refractivity (Wildman–Crippen MR) is 126 cm³/mol. The van der Waals surface area contributed by atoms with Crippen LogP contribution in [0, 0.1) is 0 Å². The molecule has 2 aromatic rings. The van der Waals surface area contributed by atoms with Gasteiger partial charge < -0.3 is 15.5 Å². The van der Waals surface area contributed by atoms with Crippen molar-refractivity contribution < 1.29 is 4.21 Å². The summed E-state index contributed by atoms with van der Waals surface area (Å²) < 4.78 is 14.1. The summed E-state index contributed by atoms with van der Waals surface area (Å²) in [4.78, 5) is 7.53. The average molecular weight is 516 g/mol. The molecule has 2 N–H and O–H groups in total. The lowest BCUT2D eigenvalue weighted by Crippen LogP contribution is -2.51. The molecule has 0 saturated carbocycles. The van der Waals surface area contributed by atoms with Gasteiger partial charge in [-0.25, -0.2) is 0 Å². The first-order valence-corrected chi connectivity index (χ1v) is 10.6. The number of piperidine rings is 1. The van der Waals surface area contributed by atoms with Crippen LogP contribution in [0.5, 0.6) is 0 Å². The molecule has 0 radical (unpaired) electrons. The van der Waals surface area contributed by atoms with Gasteiger partial charge in [0.15, 0.2) is 5.96 Å². The number of hydrogen-bond donors (Lipinski definition) is 2. The maximum absolute atomic E-state index is 12.3. The van der Waals surface area contributed by atoms with Crippen molar-refractivity contribution in [1.82, 2.24) is 20.4 Å². The van der Waals surface area contributed by atoms with E-state index in [0.717, 1.165) is 42.5 Å². The summed E-state index contributed by atoms with van der Waals surface area (Å²) in [7, 11) is 2.71. The SMILES string of the molecule is CN=C(NCCS(=O)c1ccccc1)NC1CCCN(c2cnn(C)c2)C1.I. The van der Waals surface area contributed by atoms with Gasteiger partial charge in [-0.15, -0.1) is 24.0 Å². The van der Waals surface area contributed by atoms with E-state index in [1.807, 2.05) is 54.5 Å². The van der Waals surface area contributed by atoms with E-state index in [4.69, 9.17) is 0 Å². The molecular weight excluding hydrogens is 487 g/mol. The molecule has 0 amide bonds. The highest BCUT2D eigenvalue weighted by Gasteiger charge is 2.21. The molecule has 7 nitrogen and oxygen atoms in total. The second-order valence-electron chi connectivity index (χ2n) is 6.66. The summed E-state index contributed by atoms with van der Waals surface area (Å²) in [6, 6.07) is 9.89. The lowest BCUT2D eigenvalue weighted by Gasteiger charge is -2.34. The molecule has 2 unspecified atom stereocenters. The quantitative estimate of drug-likeness (QED) is 0.349. The van der Waals surface area contributed by atoms with Crippen molar-refractivity contribution in [2.75, 3.05) is 37.3 Å². The van der Waals surface area contributed by atoms with Crippen LogP contribution in [0.2, 0.25) is 0 Å². The third-order valence-electron chi connectivity index (χ3n) is 4.63. The Morgan fingerprint density at radius 1 is 1.36 bits per heavy atom. The molecule has 154 valence electrons. The van der Waals surface area contributed by atoms with Crippen LogP contribution in [0.25, 0.3) is 0 Å². The Balaban J connectivity index is 0.00000280. The predicted octanol–water partition coefficient (Wildman–Crippen LogP) is 1.98. The molecule has 0 aliphatic carbocycles. The number of nitrogens with one attached hydrogen (secondary N) is 2. The lowest BCUT2D eigenvalue weighted by molar-refractivity contribution is 0.468. The van der Waals surface area contributed by atoms with Gasteiger partial charge in [0.1, 0.15) is 0 Å². The summed E-state index contributed by atoms with van der Waals surface area (Å²) in [6.45, 7) is 2.58. The summed E-state index contributed by atoms with van der Waals surface area (Å²) >= 11 is 0. The summed E-state index contributed by atoms with van der Waals surface area (Å²) in [6.07, 6.45) is 6.19. The fourth-order valence-corrected chi connectivity index (χ4v) is 4.23. The zero-order valence-electron chi connectivity index (χ0n) is 16.4. The van der Waals surface area contributed by atoms with Gasteiger partial charge in [0, 0.05) is 56.6 Å². The summed E-state index contributed by atoms with van der Waals surface area (Å²) in [5.41, 5.74) is 1.16. The van der Waals surface area contributed by atoms with Crippen molar-refractivity contribution in [3.8, 4) is 0 Å². The van der Waals surface area contributed by atoms with Gasteiger partial charge in [-0.3, -0.25) is 13.9 Å². The molecule has 9 heteroatoms. The number of rotatable bonds is 6. The van der Waals surface area contributed by atoms with Crippen molar-refractivity contribution in [2.45, 2.75) is 23.8 Å². The van der Waals surface area contributed by atoms with E-state index in [9.17, 15) is 4.21 Å². The second kappa shape index (κ2) is 11.4. The summed E-state index contributed by atoms with van der Waals surface area (Å²) in [5, 5.41) is 11.0. The Kier molecular flexibility index (Phi) is 9.23. The first-order valence-electron chi connectivity index (χ1n) is 9.30. The lowest BCUT2D eigenvalue weighted by atomic mass is 10.1. The number of aryl methyl sites for hydroxylation is 1. The number of aromatic nitrogens is 2. The van der Waals surface area contributed by atoms with Gasteiger partial charge in [-0.05, 0) is 25.0 Å². The Morgan fingerprint density at radius 3 is 2.82 bits per heavy atom. The van der Waals surface area contributed by atoms with Gasteiger partial charge in [0.25, 0.3) is 0 Å². The molecule has 1 aromatic carbocycles. The zero-order chi connectivity index (χ0) is 19.1.